The topological polar surface area (TPSA) is 20.3 Å². The number of alkyl halides is 3. The van der Waals surface area contributed by atoms with Crippen molar-refractivity contribution in [2.24, 2.45) is 0 Å². The van der Waals surface area contributed by atoms with E-state index in [2.05, 4.69) is 12.8 Å². The van der Waals surface area contributed by atoms with Crippen LogP contribution in [0.1, 0.15) is 6.92 Å². The lowest BCUT2D eigenvalue weighted by molar-refractivity contribution is -0.148. The maximum atomic E-state index is 11.4. The van der Waals surface area contributed by atoms with Crippen molar-refractivity contribution < 1.29 is 18.0 Å². The van der Waals surface area contributed by atoms with Crippen LogP contribution >= 0.6 is 12.8 Å². The molecule has 0 atom stereocenters. The molecule has 0 saturated carbocycles. The lowest BCUT2D eigenvalue weighted by atomic mass is 10.6. The Morgan fingerprint density at radius 3 is 2.10 bits per heavy atom. The van der Waals surface area contributed by atoms with Gasteiger partial charge < -0.3 is 0 Å². The van der Waals surface area contributed by atoms with Gasteiger partial charge in [-0.2, -0.15) is 13.2 Å². The Hall–Kier alpha value is -0.390. The Labute approximate surface area is 61.5 Å². The van der Waals surface area contributed by atoms with E-state index in [1.807, 2.05) is 0 Å². The molecule has 10 heavy (non-hydrogen) atoms. The third kappa shape index (κ3) is 4.49. The molecule has 0 aromatic heterocycles. The minimum Gasteiger partial charge on any atom is -0.280 e. The van der Waals surface area contributed by atoms with Crippen LogP contribution < -0.4 is 0 Å². The lowest BCUT2D eigenvalue weighted by Gasteiger charge is -2.14. The lowest BCUT2D eigenvalue weighted by Crippen LogP contribution is -2.30. The first-order valence-electron chi connectivity index (χ1n) is 2.36. The summed E-state index contributed by atoms with van der Waals surface area (Å²) < 4.78 is 34.6. The maximum absolute atomic E-state index is 11.4. The smallest absolute Gasteiger partial charge is 0.280 e. The largest absolute Gasteiger partial charge is 0.407 e. The van der Waals surface area contributed by atoms with Gasteiger partial charge in [0.05, 0.1) is 0 Å². The molecule has 0 heterocycles. The molecule has 0 N–H and O–H groups in total. The average Bonchev–Trinajstić information content (AvgIpc) is 1.60. The zero-order valence-corrected chi connectivity index (χ0v) is 6.04. The predicted octanol–water partition coefficient (Wildman–Crippen LogP) is 1.24. The van der Waals surface area contributed by atoms with Crippen LogP contribution in [-0.2, 0) is 4.79 Å². The molecule has 0 aliphatic carbocycles. The van der Waals surface area contributed by atoms with E-state index in [0.717, 1.165) is 6.92 Å². The highest BCUT2D eigenvalue weighted by Gasteiger charge is 2.30. The summed E-state index contributed by atoms with van der Waals surface area (Å²) in [6.07, 6.45) is -4.37. The van der Waals surface area contributed by atoms with Gasteiger partial charge in [-0.25, -0.2) is 0 Å². The van der Waals surface area contributed by atoms with E-state index in [4.69, 9.17) is 0 Å². The summed E-state index contributed by atoms with van der Waals surface area (Å²) in [6, 6.07) is 0. The van der Waals surface area contributed by atoms with E-state index in [1.165, 1.54) is 0 Å². The highest BCUT2D eigenvalue weighted by molar-refractivity contribution is 7.78. The van der Waals surface area contributed by atoms with Crippen molar-refractivity contribution in [3.8, 4) is 0 Å². The minimum atomic E-state index is -4.37. The fourth-order valence-corrected chi connectivity index (χ4v) is 0.442. The molecule has 0 saturated heterocycles. The standard InChI is InChI=1S/C4H6F3NOS/c1-3(9)8(10)2-4(5,6)7/h10H,2H2,1H3. The number of hydrogen-bond acceptors (Lipinski definition) is 2. The second-order valence-corrected chi connectivity index (χ2v) is 2.17. The number of rotatable bonds is 1. The number of amides is 1. The van der Waals surface area contributed by atoms with E-state index in [-0.39, 0.29) is 0 Å². The van der Waals surface area contributed by atoms with Crippen molar-refractivity contribution in [3.63, 3.8) is 0 Å². The number of carbonyl (C=O) groups is 1. The molecule has 0 aromatic carbocycles. The number of halogens is 3. The molecule has 60 valence electrons. The first-order chi connectivity index (χ1) is 4.33. The van der Waals surface area contributed by atoms with Crippen LogP contribution in [0.2, 0.25) is 0 Å². The van der Waals surface area contributed by atoms with Crippen molar-refractivity contribution in [3.05, 3.63) is 0 Å². The van der Waals surface area contributed by atoms with Crippen LogP contribution in [0.3, 0.4) is 0 Å². The summed E-state index contributed by atoms with van der Waals surface area (Å²) in [5.74, 6) is -0.722. The van der Waals surface area contributed by atoms with Crippen LogP contribution in [0, 0.1) is 0 Å². The van der Waals surface area contributed by atoms with Gasteiger partial charge >= 0.3 is 6.18 Å². The van der Waals surface area contributed by atoms with Gasteiger partial charge in [-0.05, 0) is 0 Å². The number of nitrogens with zero attached hydrogens (tertiary/aromatic N) is 1. The van der Waals surface area contributed by atoms with Gasteiger partial charge in [0.25, 0.3) is 0 Å². The SMILES string of the molecule is CC(=O)N(S)CC(F)(F)F. The summed E-state index contributed by atoms with van der Waals surface area (Å²) in [4.78, 5) is 10.2. The van der Waals surface area contributed by atoms with Gasteiger partial charge in [0.1, 0.15) is 6.54 Å². The molecule has 0 bridgehead atoms. The van der Waals surface area contributed by atoms with Crippen molar-refractivity contribution in [2.45, 2.75) is 13.1 Å². The molecule has 0 spiro atoms. The second-order valence-electron chi connectivity index (χ2n) is 1.69. The minimum absolute atomic E-state index is 0.306. The van der Waals surface area contributed by atoms with Gasteiger partial charge in [-0.15, -0.1) is 0 Å². The molecule has 0 aliphatic heterocycles. The molecular formula is C4H6F3NOS. The summed E-state index contributed by atoms with van der Waals surface area (Å²) >= 11 is 3.28. The first kappa shape index (κ1) is 9.61. The summed E-state index contributed by atoms with van der Waals surface area (Å²) in [5, 5.41) is 0. The van der Waals surface area contributed by atoms with E-state index >= 15 is 0 Å². The van der Waals surface area contributed by atoms with Crippen LogP contribution in [0.15, 0.2) is 0 Å². The Morgan fingerprint density at radius 1 is 1.60 bits per heavy atom. The highest BCUT2D eigenvalue weighted by Crippen LogP contribution is 2.17. The van der Waals surface area contributed by atoms with Gasteiger partial charge in [-0.1, -0.05) is 12.8 Å². The van der Waals surface area contributed by atoms with Crippen molar-refractivity contribution in [2.75, 3.05) is 6.54 Å². The molecule has 0 rings (SSSR count). The Kier molecular flexibility index (Phi) is 3.01. The van der Waals surface area contributed by atoms with E-state index in [1.54, 1.807) is 0 Å². The van der Waals surface area contributed by atoms with Crippen LogP contribution in [-0.4, -0.2) is 22.9 Å². The maximum Gasteiger partial charge on any atom is 0.407 e. The quantitative estimate of drug-likeness (QED) is 0.591. The van der Waals surface area contributed by atoms with E-state index < -0.39 is 18.6 Å². The molecule has 0 fully saturated rings. The zero-order valence-electron chi connectivity index (χ0n) is 5.14. The Bertz CT molecular complexity index is 135. The predicted molar refractivity (Wildman–Crippen MR) is 32.4 cm³/mol. The van der Waals surface area contributed by atoms with Crippen molar-refractivity contribution in [1.29, 1.82) is 0 Å². The number of carbonyl (C=O) groups excluding carboxylic acids is 1. The molecule has 6 heteroatoms. The molecule has 0 unspecified atom stereocenters. The third-order valence-corrected chi connectivity index (χ3v) is 1.12. The van der Waals surface area contributed by atoms with Crippen LogP contribution in [0.25, 0.3) is 0 Å². The monoisotopic (exact) mass is 173 g/mol. The summed E-state index contributed by atoms with van der Waals surface area (Å²) in [7, 11) is 0. The van der Waals surface area contributed by atoms with Crippen LogP contribution in [0.4, 0.5) is 13.2 Å². The fourth-order valence-electron chi connectivity index (χ4n) is 0.281. The Morgan fingerprint density at radius 2 is 2.00 bits per heavy atom. The van der Waals surface area contributed by atoms with Gasteiger partial charge in [0.2, 0.25) is 5.91 Å². The molecule has 1 amide bonds. The number of hydrogen-bond donors (Lipinski definition) is 1. The molecule has 0 radical (unpaired) electrons. The van der Waals surface area contributed by atoms with Gasteiger partial charge in [0.15, 0.2) is 0 Å². The highest BCUT2D eigenvalue weighted by atomic mass is 32.1. The van der Waals surface area contributed by atoms with Gasteiger partial charge in [0, 0.05) is 6.92 Å². The number of thiol groups is 1. The summed E-state index contributed by atoms with van der Waals surface area (Å²) in [5.41, 5.74) is 0. The van der Waals surface area contributed by atoms with E-state index in [0.29, 0.717) is 4.31 Å². The second kappa shape index (κ2) is 3.14. The molecule has 0 aromatic rings. The third-order valence-electron chi connectivity index (χ3n) is 0.693. The normalized spacial score (nSPS) is 11.3. The van der Waals surface area contributed by atoms with Crippen molar-refractivity contribution in [1.82, 2.24) is 4.31 Å². The molecular weight excluding hydrogens is 167 g/mol. The zero-order chi connectivity index (χ0) is 8.36. The summed E-state index contributed by atoms with van der Waals surface area (Å²) in [6.45, 7) is -0.301. The van der Waals surface area contributed by atoms with Gasteiger partial charge in [-0.3, -0.25) is 9.10 Å². The average molecular weight is 173 g/mol. The first-order valence-corrected chi connectivity index (χ1v) is 2.76. The fraction of sp³-hybridized carbons (Fsp3) is 0.750. The molecule has 0 aliphatic rings. The van der Waals surface area contributed by atoms with Crippen molar-refractivity contribution >= 4 is 18.7 Å². The Balaban J connectivity index is 3.80. The van der Waals surface area contributed by atoms with Crippen LogP contribution in [0.5, 0.6) is 0 Å². The molecule has 2 nitrogen and oxygen atoms in total. The van der Waals surface area contributed by atoms with E-state index in [9.17, 15) is 18.0 Å².